The Balaban J connectivity index is 1.95. The first-order chi connectivity index (χ1) is 8.29. The SMILES string of the molecule is CCNCC(C)c1nc(Cc2cccs2)no1. The minimum absolute atomic E-state index is 0.263. The smallest absolute Gasteiger partial charge is 0.230 e. The molecule has 0 aliphatic heterocycles. The maximum absolute atomic E-state index is 5.28. The summed E-state index contributed by atoms with van der Waals surface area (Å²) in [6, 6.07) is 4.12. The molecular formula is C12H17N3OS. The Hall–Kier alpha value is -1.20. The van der Waals surface area contributed by atoms with Crippen molar-refractivity contribution < 1.29 is 4.52 Å². The van der Waals surface area contributed by atoms with Crippen LogP contribution in [0.1, 0.15) is 36.4 Å². The second kappa shape index (κ2) is 5.93. The van der Waals surface area contributed by atoms with E-state index >= 15 is 0 Å². The molecule has 1 unspecified atom stereocenters. The summed E-state index contributed by atoms with van der Waals surface area (Å²) in [5, 5.41) is 9.35. The molecule has 4 nitrogen and oxygen atoms in total. The molecule has 0 radical (unpaired) electrons. The summed E-state index contributed by atoms with van der Waals surface area (Å²) in [4.78, 5) is 5.69. The van der Waals surface area contributed by atoms with Gasteiger partial charge in [-0.25, -0.2) is 0 Å². The van der Waals surface area contributed by atoms with Gasteiger partial charge in [0.1, 0.15) is 0 Å². The van der Waals surface area contributed by atoms with E-state index in [1.54, 1.807) is 11.3 Å². The molecule has 0 spiro atoms. The van der Waals surface area contributed by atoms with Crippen LogP contribution >= 0.6 is 11.3 Å². The fourth-order valence-electron chi connectivity index (χ4n) is 1.56. The number of hydrogen-bond acceptors (Lipinski definition) is 5. The molecule has 2 heterocycles. The van der Waals surface area contributed by atoms with Crippen LogP contribution in [0.25, 0.3) is 0 Å². The molecule has 5 heteroatoms. The van der Waals surface area contributed by atoms with Crippen LogP contribution in [0.4, 0.5) is 0 Å². The molecular weight excluding hydrogens is 234 g/mol. The van der Waals surface area contributed by atoms with Crippen molar-refractivity contribution in [3.05, 3.63) is 34.1 Å². The first kappa shape index (κ1) is 12.3. The van der Waals surface area contributed by atoms with E-state index in [0.29, 0.717) is 0 Å². The van der Waals surface area contributed by atoms with Crippen LogP contribution in [0, 0.1) is 0 Å². The third-order valence-corrected chi connectivity index (χ3v) is 3.39. The summed E-state index contributed by atoms with van der Waals surface area (Å²) in [5.74, 6) is 1.75. The van der Waals surface area contributed by atoms with Gasteiger partial charge in [-0.3, -0.25) is 0 Å². The quantitative estimate of drug-likeness (QED) is 0.856. The highest BCUT2D eigenvalue weighted by Crippen LogP contribution is 2.16. The van der Waals surface area contributed by atoms with Crippen molar-refractivity contribution in [1.29, 1.82) is 0 Å². The van der Waals surface area contributed by atoms with Crippen molar-refractivity contribution in [3.63, 3.8) is 0 Å². The number of thiophene rings is 1. The van der Waals surface area contributed by atoms with Gasteiger partial charge in [0.25, 0.3) is 0 Å². The zero-order valence-corrected chi connectivity index (χ0v) is 11.0. The average molecular weight is 251 g/mol. The maximum atomic E-state index is 5.28. The average Bonchev–Trinajstić information content (AvgIpc) is 2.98. The molecule has 0 saturated carbocycles. The highest BCUT2D eigenvalue weighted by Gasteiger charge is 2.14. The monoisotopic (exact) mass is 251 g/mol. The van der Waals surface area contributed by atoms with Crippen molar-refractivity contribution in [3.8, 4) is 0 Å². The fourth-order valence-corrected chi connectivity index (χ4v) is 2.26. The second-order valence-electron chi connectivity index (χ2n) is 4.01. The molecule has 1 atom stereocenters. The number of aromatic nitrogens is 2. The normalized spacial score (nSPS) is 12.8. The number of nitrogens with one attached hydrogen (secondary N) is 1. The lowest BCUT2D eigenvalue weighted by Crippen LogP contribution is -2.19. The first-order valence-electron chi connectivity index (χ1n) is 5.85. The standard InChI is InChI=1S/C12H17N3OS/c1-3-13-8-9(2)12-14-11(15-16-12)7-10-5-4-6-17-10/h4-6,9,13H,3,7-8H2,1-2H3. The van der Waals surface area contributed by atoms with E-state index in [0.717, 1.165) is 31.2 Å². The number of likely N-dealkylation sites (N-methyl/N-ethyl adjacent to an activating group) is 1. The summed E-state index contributed by atoms with van der Waals surface area (Å²) < 4.78 is 5.28. The number of rotatable bonds is 6. The molecule has 0 saturated heterocycles. The Morgan fingerprint density at radius 3 is 3.12 bits per heavy atom. The van der Waals surface area contributed by atoms with Crippen molar-refractivity contribution in [2.45, 2.75) is 26.2 Å². The van der Waals surface area contributed by atoms with Crippen LogP contribution in [0.3, 0.4) is 0 Å². The van der Waals surface area contributed by atoms with Crippen molar-refractivity contribution >= 4 is 11.3 Å². The van der Waals surface area contributed by atoms with E-state index in [4.69, 9.17) is 4.52 Å². The molecule has 0 aromatic carbocycles. The van der Waals surface area contributed by atoms with Crippen LogP contribution in [0.2, 0.25) is 0 Å². The van der Waals surface area contributed by atoms with Gasteiger partial charge in [0.15, 0.2) is 5.82 Å². The van der Waals surface area contributed by atoms with Gasteiger partial charge in [0.05, 0.1) is 0 Å². The predicted octanol–water partition coefficient (Wildman–Crippen LogP) is 2.43. The van der Waals surface area contributed by atoms with Gasteiger partial charge in [0.2, 0.25) is 5.89 Å². The molecule has 2 aromatic heterocycles. The van der Waals surface area contributed by atoms with Crippen LogP contribution in [-0.4, -0.2) is 23.2 Å². The topological polar surface area (TPSA) is 51.0 Å². The van der Waals surface area contributed by atoms with Gasteiger partial charge in [0, 0.05) is 23.8 Å². The molecule has 0 bridgehead atoms. The number of nitrogens with zero attached hydrogens (tertiary/aromatic N) is 2. The summed E-state index contributed by atoms with van der Waals surface area (Å²) >= 11 is 1.72. The first-order valence-corrected chi connectivity index (χ1v) is 6.73. The lowest BCUT2D eigenvalue weighted by atomic mass is 10.2. The van der Waals surface area contributed by atoms with E-state index in [1.807, 2.05) is 6.07 Å². The Morgan fingerprint density at radius 2 is 2.41 bits per heavy atom. The summed E-state index contributed by atoms with van der Waals surface area (Å²) in [5.41, 5.74) is 0. The number of hydrogen-bond donors (Lipinski definition) is 1. The largest absolute Gasteiger partial charge is 0.339 e. The lowest BCUT2D eigenvalue weighted by molar-refractivity contribution is 0.352. The van der Waals surface area contributed by atoms with Gasteiger partial charge in [-0.2, -0.15) is 4.98 Å². The van der Waals surface area contributed by atoms with Crippen LogP contribution in [-0.2, 0) is 6.42 Å². The van der Waals surface area contributed by atoms with Gasteiger partial charge < -0.3 is 9.84 Å². The fraction of sp³-hybridized carbons (Fsp3) is 0.500. The molecule has 92 valence electrons. The molecule has 0 aliphatic rings. The van der Waals surface area contributed by atoms with E-state index in [2.05, 4.69) is 40.8 Å². The third kappa shape index (κ3) is 3.38. The van der Waals surface area contributed by atoms with Crippen molar-refractivity contribution in [2.75, 3.05) is 13.1 Å². The maximum Gasteiger partial charge on any atom is 0.230 e. The van der Waals surface area contributed by atoms with Crippen LogP contribution < -0.4 is 5.32 Å². The minimum atomic E-state index is 0.263. The summed E-state index contributed by atoms with van der Waals surface area (Å²) in [7, 11) is 0. The third-order valence-electron chi connectivity index (χ3n) is 2.52. The molecule has 2 rings (SSSR count). The lowest BCUT2D eigenvalue weighted by Gasteiger charge is -2.05. The van der Waals surface area contributed by atoms with E-state index < -0.39 is 0 Å². The Labute approximate surface area is 105 Å². The Kier molecular flexibility index (Phi) is 4.28. The van der Waals surface area contributed by atoms with E-state index in [9.17, 15) is 0 Å². The second-order valence-corrected chi connectivity index (χ2v) is 5.05. The van der Waals surface area contributed by atoms with Gasteiger partial charge >= 0.3 is 0 Å². The van der Waals surface area contributed by atoms with Crippen LogP contribution in [0.15, 0.2) is 22.0 Å². The van der Waals surface area contributed by atoms with Crippen molar-refractivity contribution in [2.24, 2.45) is 0 Å². The van der Waals surface area contributed by atoms with Crippen LogP contribution in [0.5, 0.6) is 0 Å². The van der Waals surface area contributed by atoms with E-state index in [-0.39, 0.29) is 5.92 Å². The molecule has 17 heavy (non-hydrogen) atoms. The van der Waals surface area contributed by atoms with E-state index in [1.165, 1.54) is 4.88 Å². The minimum Gasteiger partial charge on any atom is -0.339 e. The molecule has 1 N–H and O–H groups in total. The van der Waals surface area contributed by atoms with Gasteiger partial charge in [-0.1, -0.05) is 25.1 Å². The highest BCUT2D eigenvalue weighted by molar-refractivity contribution is 7.09. The van der Waals surface area contributed by atoms with Crippen molar-refractivity contribution in [1.82, 2.24) is 15.5 Å². The zero-order chi connectivity index (χ0) is 12.1. The molecule has 0 fully saturated rings. The van der Waals surface area contributed by atoms with Gasteiger partial charge in [-0.05, 0) is 18.0 Å². The van der Waals surface area contributed by atoms with Gasteiger partial charge in [-0.15, -0.1) is 11.3 Å². The Morgan fingerprint density at radius 1 is 1.53 bits per heavy atom. The summed E-state index contributed by atoms with van der Waals surface area (Å²) in [6.45, 7) is 6.01. The molecule has 0 aliphatic carbocycles. The highest BCUT2D eigenvalue weighted by atomic mass is 32.1. The molecule has 2 aromatic rings. The predicted molar refractivity (Wildman–Crippen MR) is 68.4 cm³/mol. The summed E-state index contributed by atoms with van der Waals surface area (Å²) in [6.07, 6.45) is 0.759. The molecule has 0 amide bonds. The zero-order valence-electron chi connectivity index (χ0n) is 10.1. The Bertz CT molecular complexity index is 438.